The lowest BCUT2D eigenvalue weighted by Gasteiger charge is -2.33. The number of carbonyl (C=O) groups is 2. The van der Waals surface area contributed by atoms with E-state index in [1.165, 1.54) is 0 Å². The van der Waals surface area contributed by atoms with Crippen molar-refractivity contribution >= 4 is 11.8 Å². The average molecular weight is 379 g/mol. The third kappa shape index (κ3) is 5.22. The number of benzene rings is 2. The van der Waals surface area contributed by atoms with Crippen molar-refractivity contribution in [2.75, 3.05) is 13.1 Å². The summed E-state index contributed by atoms with van der Waals surface area (Å²) in [6, 6.07) is 20.6. The second-order valence-corrected chi connectivity index (χ2v) is 7.90. The molecule has 2 amide bonds. The van der Waals surface area contributed by atoms with Gasteiger partial charge >= 0.3 is 0 Å². The van der Waals surface area contributed by atoms with Gasteiger partial charge in [-0.25, -0.2) is 0 Å². The molecule has 0 bridgehead atoms. The van der Waals surface area contributed by atoms with Crippen molar-refractivity contribution in [3.8, 4) is 0 Å². The number of carbonyl (C=O) groups excluding carboxylic acids is 2. The zero-order valence-electron chi connectivity index (χ0n) is 16.8. The molecule has 28 heavy (non-hydrogen) atoms. The maximum absolute atomic E-state index is 13.0. The highest BCUT2D eigenvalue weighted by atomic mass is 16.2. The molecule has 3 rings (SSSR count). The molecule has 0 unspecified atom stereocenters. The van der Waals surface area contributed by atoms with Gasteiger partial charge in [-0.05, 0) is 37.8 Å². The van der Waals surface area contributed by atoms with E-state index >= 15 is 0 Å². The van der Waals surface area contributed by atoms with Crippen molar-refractivity contribution in [1.82, 2.24) is 10.2 Å². The number of rotatable bonds is 6. The van der Waals surface area contributed by atoms with Crippen LogP contribution in [-0.4, -0.2) is 35.8 Å². The Morgan fingerprint density at radius 2 is 1.43 bits per heavy atom. The van der Waals surface area contributed by atoms with Crippen LogP contribution in [0.3, 0.4) is 0 Å². The third-order valence-corrected chi connectivity index (χ3v) is 5.43. The number of hydrogen-bond acceptors (Lipinski definition) is 2. The van der Waals surface area contributed by atoms with Gasteiger partial charge in [0.1, 0.15) is 0 Å². The SMILES string of the molecule is CC(C)NC(=O)C1CCN(C(=O)CC(c2ccccc2)c2ccccc2)CC1. The molecule has 1 fully saturated rings. The molecule has 2 aromatic rings. The Morgan fingerprint density at radius 3 is 1.89 bits per heavy atom. The lowest BCUT2D eigenvalue weighted by Crippen LogP contribution is -2.44. The van der Waals surface area contributed by atoms with Gasteiger partial charge in [-0.15, -0.1) is 0 Å². The molecule has 4 nitrogen and oxygen atoms in total. The molecule has 0 aromatic heterocycles. The van der Waals surface area contributed by atoms with Gasteiger partial charge in [-0.2, -0.15) is 0 Å². The smallest absolute Gasteiger partial charge is 0.223 e. The molecule has 4 heteroatoms. The van der Waals surface area contributed by atoms with Crippen LogP contribution in [0.15, 0.2) is 60.7 Å². The summed E-state index contributed by atoms with van der Waals surface area (Å²) in [5.74, 6) is 0.358. The van der Waals surface area contributed by atoms with E-state index in [0.29, 0.717) is 19.5 Å². The number of amides is 2. The van der Waals surface area contributed by atoms with Crippen LogP contribution in [0.4, 0.5) is 0 Å². The molecule has 0 spiro atoms. The molecular formula is C24H30N2O2. The summed E-state index contributed by atoms with van der Waals surface area (Å²) in [6.07, 6.45) is 1.94. The summed E-state index contributed by atoms with van der Waals surface area (Å²) in [5.41, 5.74) is 2.32. The van der Waals surface area contributed by atoms with Crippen LogP contribution in [0.25, 0.3) is 0 Å². The molecule has 0 saturated carbocycles. The predicted molar refractivity (Wildman–Crippen MR) is 112 cm³/mol. The Hall–Kier alpha value is -2.62. The first-order valence-electron chi connectivity index (χ1n) is 10.2. The molecule has 0 aliphatic carbocycles. The van der Waals surface area contributed by atoms with E-state index in [1.54, 1.807) is 0 Å². The van der Waals surface area contributed by atoms with Crippen LogP contribution in [-0.2, 0) is 9.59 Å². The highest BCUT2D eigenvalue weighted by Crippen LogP contribution is 2.29. The molecule has 1 aliphatic rings. The van der Waals surface area contributed by atoms with E-state index in [2.05, 4.69) is 29.6 Å². The molecule has 0 atom stereocenters. The normalized spacial score (nSPS) is 15.1. The minimum absolute atomic E-state index is 0.0190. The number of likely N-dealkylation sites (tertiary alicyclic amines) is 1. The van der Waals surface area contributed by atoms with E-state index in [-0.39, 0.29) is 29.7 Å². The van der Waals surface area contributed by atoms with Gasteiger partial charge in [0.2, 0.25) is 11.8 Å². The van der Waals surface area contributed by atoms with Crippen molar-refractivity contribution in [2.45, 2.75) is 45.1 Å². The monoisotopic (exact) mass is 378 g/mol. The molecule has 1 N–H and O–H groups in total. The Labute approximate surface area is 167 Å². The standard InChI is InChI=1S/C24H30N2O2/c1-18(2)25-24(28)21-13-15-26(16-14-21)23(27)17-22(19-9-5-3-6-10-19)20-11-7-4-8-12-20/h3-12,18,21-22H,13-17H2,1-2H3,(H,25,28). The maximum Gasteiger partial charge on any atom is 0.223 e. The minimum atomic E-state index is 0.0190. The number of nitrogens with one attached hydrogen (secondary N) is 1. The Kier molecular flexibility index (Phi) is 6.85. The second-order valence-electron chi connectivity index (χ2n) is 7.90. The van der Waals surface area contributed by atoms with Crippen molar-refractivity contribution in [2.24, 2.45) is 5.92 Å². The maximum atomic E-state index is 13.0. The lowest BCUT2D eigenvalue weighted by atomic mass is 9.87. The van der Waals surface area contributed by atoms with Crippen molar-refractivity contribution in [3.05, 3.63) is 71.8 Å². The van der Waals surface area contributed by atoms with E-state index < -0.39 is 0 Å². The highest BCUT2D eigenvalue weighted by Gasteiger charge is 2.29. The van der Waals surface area contributed by atoms with Crippen LogP contribution in [0, 0.1) is 5.92 Å². The van der Waals surface area contributed by atoms with Crippen LogP contribution >= 0.6 is 0 Å². The molecule has 148 valence electrons. The fraction of sp³-hybridized carbons (Fsp3) is 0.417. The summed E-state index contributed by atoms with van der Waals surface area (Å²) in [5, 5.41) is 2.99. The number of piperidine rings is 1. The Balaban J connectivity index is 1.64. The summed E-state index contributed by atoms with van der Waals surface area (Å²) >= 11 is 0. The van der Waals surface area contributed by atoms with E-state index in [0.717, 1.165) is 24.0 Å². The molecule has 1 heterocycles. The first-order valence-corrected chi connectivity index (χ1v) is 10.2. The van der Waals surface area contributed by atoms with Gasteiger partial charge in [-0.3, -0.25) is 9.59 Å². The highest BCUT2D eigenvalue weighted by molar-refractivity contribution is 5.80. The Morgan fingerprint density at radius 1 is 0.929 bits per heavy atom. The third-order valence-electron chi connectivity index (χ3n) is 5.43. The summed E-state index contributed by atoms with van der Waals surface area (Å²) < 4.78 is 0. The van der Waals surface area contributed by atoms with Gasteiger partial charge in [0.25, 0.3) is 0 Å². The fourth-order valence-corrected chi connectivity index (χ4v) is 3.90. The average Bonchev–Trinajstić information content (AvgIpc) is 2.72. The lowest BCUT2D eigenvalue weighted by molar-refractivity contribution is -0.136. The van der Waals surface area contributed by atoms with Gasteiger partial charge in [0, 0.05) is 37.4 Å². The zero-order chi connectivity index (χ0) is 19.9. The van der Waals surface area contributed by atoms with Gasteiger partial charge in [-0.1, -0.05) is 60.7 Å². The van der Waals surface area contributed by atoms with Crippen molar-refractivity contribution in [3.63, 3.8) is 0 Å². The molecule has 1 saturated heterocycles. The van der Waals surface area contributed by atoms with Gasteiger partial charge in [0.05, 0.1) is 0 Å². The summed E-state index contributed by atoms with van der Waals surface area (Å²) in [4.78, 5) is 27.2. The van der Waals surface area contributed by atoms with Crippen molar-refractivity contribution < 1.29 is 9.59 Å². The first kappa shape index (κ1) is 20.1. The number of nitrogens with zero attached hydrogens (tertiary/aromatic N) is 1. The van der Waals surface area contributed by atoms with E-state index in [1.807, 2.05) is 55.1 Å². The summed E-state index contributed by atoms with van der Waals surface area (Å²) in [7, 11) is 0. The predicted octanol–water partition coefficient (Wildman–Crippen LogP) is 3.97. The number of hydrogen-bond donors (Lipinski definition) is 1. The van der Waals surface area contributed by atoms with Crippen LogP contribution in [0.2, 0.25) is 0 Å². The summed E-state index contributed by atoms with van der Waals surface area (Å²) in [6.45, 7) is 5.27. The molecular weight excluding hydrogens is 348 g/mol. The first-order chi connectivity index (χ1) is 13.5. The Bertz CT molecular complexity index is 726. The minimum Gasteiger partial charge on any atom is -0.354 e. The molecule has 2 aromatic carbocycles. The van der Waals surface area contributed by atoms with Crippen LogP contribution in [0.5, 0.6) is 0 Å². The van der Waals surface area contributed by atoms with Crippen LogP contribution < -0.4 is 5.32 Å². The van der Waals surface area contributed by atoms with E-state index in [9.17, 15) is 9.59 Å². The van der Waals surface area contributed by atoms with E-state index in [4.69, 9.17) is 0 Å². The molecule has 1 aliphatic heterocycles. The second kappa shape index (κ2) is 9.54. The van der Waals surface area contributed by atoms with Crippen molar-refractivity contribution in [1.29, 1.82) is 0 Å². The quantitative estimate of drug-likeness (QED) is 0.827. The zero-order valence-corrected chi connectivity index (χ0v) is 16.8. The van der Waals surface area contributed by atoms with Crippen LogP contribution in [0.1, 0.15) is 50.2 Å². The van der Waals surface area contributed by atoms with Gasteiger partial charge < -0.3 is 10.2 Å². The topological polar surface area (TPSA) is 49.4 Å². The van der Waals surface area contributed by atoms with Gasteiger partial charge in [0.15, 0.2) is 0 Å². The molecule has 0 radical (unpaired) electrons. The fourth-order valence-electron chi connectivity index (χ4n) is 3.90. The largest absolute Gasteiger partial charge is 0.354 e.